The highest BCUT2D eigenvalue weighted by molar-refractivity contribution is 6.11. The molecule has 0 atom stereocenters. The molecule has 0 amide bonds. The van der Waals surface area contributed by atoms with Gasteiger partial charge in [-0.2, -0.15) is 0 Å². The van der Waals surface area contributed by atoms with Crippen molar-refractivity contribution >= 4 is 49.6 Å². The Labute approximate surface area is 333 Å². The third kappa shape index (κ3) is 5.18. The largest absolute Gasteiger partial charge is 0.309 e. The van der Waals surface area contributed by atoms with Gasteiger partial charge in [-0.05, 0) is 92.7 Å². The van der Waals surface area contributed by atoms with Gasteiger partial charge in [0.05, 0.1) is 22.4 Å². The van der Waals surface area contributed by atoms with E-state index < -0.39 is 0 Å². The predicted octanol–water partition coefficient (Wildman–Crippen LogP) is 15.0. The van der Waals surface area contributed by atoms with Crippen molar-refractivity contribution in [3.63, 3.8) is 0 Å². The quantitative estimate of drug-likeness (QED) is 0.165. The summed E-state index contributed by atoms with van der Waals surface area (Å²) in [6, 6.07) is 75.7. The van der Waals surface area contributed by atoms with Crippen LogP contribution in [0.15, 0.2) is 206 Å². The van der Waals surface area contributed by atoms with Crippen LogP contribution < -0.4 is 4.90 Å². The number of hydrogen-bond acceptors (Lipinski definition) is 1. The molecule has 1 aromatic heterocycles. The lowest BCUT2D eigenvalue weighted by atomic mass is 9.82. The maximum absolute atomic E-state index is 2.50. The standard InChI is InChI=1S/C55H40N2/c1-55(2)48-26-12-8-24-47(48)54-46(25-16-27-49(54)55)44-23-11-15-30-52(44)57(50-28-13-9-21-42(50)39-32-31-37-17-6-7-18-38(37)35-39)41-33-34-45-43-22-10-14-29-51(43)56(53(45)36-41)40-19-4-3-5-20-40/h3-36H,1-2H3. The third-order valence-electron chi connectivity index (χ3n) is 12.2. The van der Waals surface area contributed by atoms with Crippen LogP contribution in [0.3, 0.4) is 0 Å². The molecule has 11 rings (SSSR count). The zero-order valence-electron chi connectivity index (χ0n) is 32.0. The summed E-state index contributed by atoms with van der Waals surface area (Å²) in [6.45, 7) is 4.72. The van der Waals surface area contributed by atoms with Crippen molar-refractivity contribution < 1.29 is 0 Å². The fourth-order valence-electron chi connectivity index (χ4n) is 9.51. The Bertz CT molecular complexity index is 3170. The highest BCUT2D eigenvalue weighted by Gasteiger charge is 2.37. The molecule has 57 heavy (non-hydrogen) atoms. The van der Waals surface area contributed by atoms with Gasteiger partial charge in [-0.25, -0.2) is 0 Å². The van der Waals surface area contributed by atoms with E-state index in [1.54, 1.807) is 0 Å². The number of aromatic nitrogens is 1. The molecule has 0 fully saturated rings. The van der Waals surface area contributed by atoms with Crippen LogP contribution >= 0.6 is 0 Å². The molecule has 0 saturated carbocycles. The Morgan fingerprint density at radius 3 is 1.86 bits per heavy atom. The molecule has 0 aliphatic heterocycles. The Hall–Kier alpha value is -7.16. The van der Waals surface area contributed by atoms with Crippen molar-refractivity contribution in [2.45, 2.75) is 19.3 Å². The van der Waals surface area contributed by atoms with E-state index in [0.29, 0.717) is 0 Å². The summed E-state index contributed by atoms with van der Waals surface area (Å²) in [5, 5.41) is 4.94. The molecule has 270 valence electrons. The van der Waals surface area contributed by atoms with Gasteiger partial charge in [0.15, 0.2) is 0 Å². The number of fused-ring (bicyclic) bond motifs is 7. The number of nitrogens with zero attached hydrogens (tertiary/aromatic N) is 2. The van der Waals surface area contributed by atoms with Crippen molar-refractivity contribution in [1.29, 1.82) is 0 Å². The van der Waals surface area contributed by atoms with Crippen molar-refractivity contribution in [2.24, 2.45) is 0 Å². The van der Waals surface area contributed by atoms with Crippen molar-refractivity contribution in [1.82, 2.24) is 4.57 Å². The Kier molecular flexibility index (Phi) is 7.55. The summed E-state index contributed by atoms with van der Waals surface area (Å²) in [4.78, 5) is 2.50. The Balaban J connectivity index is 1.21. The second-order valence-corrected chi connectivity index (χ2v) is 15.7. The van der Waals surface area contributed by atoms with Crippen molar-refractivity contribution in [2.75, 3.05) is 4.90 Å². The van der Waals surface area contributed by atoms with Crippen LogP contribution in [0.1, 0.15) is 25.0 Å². The maximum Gasteiger partial charge on any atom is 0.0561 e. The van der Waals surface area contributed by atoms with Gasteiger partial charge in [-0.15, -0.1) is 0 Å². The number of benzene rings is 9. The lowest BCUT2D eigenvalue weighted by Gasteiger charge is -2.30. The van der Waals surface area contributed by atoms with Gasteiger partial charge in [0.25, 0.3) is 0 Å². The maximum atomic E-state index is 2.50. The highest BCUT2D eigenvalue weighted by Crippen LogP contribution is 2.54. The van der Waals surface area contributed by atoms with E-state index in [1.165, 1.54) is 77.1 Å². The van der Waals surface area contributed by atoms with Gasteiger partial charge < -0.3 is 9.47 Å². The van der Waals surface area contributed by atoms with E-state index in [1.807, 2.05) is 0 Å². The van der Waals surface area contributed by atoms with Crippen LogP contribution in [-0.2, 0) is 5.41 Å². The van der Waals surface area contributed by atoms with E-state index in [4.69, 9.17) is 0 Å². The first kappa shape index (κ1) is 33.2. The number of hydrogen-bond donors (Lipinski definition) is 0. The SMILES string of the molecule is CC1(C)c2ccccc2-c2c(-c3ccccc3N(c3ccc4c5ccccc5n(-c5ccccc5)c4c3)c3ccccc3-c3ccc4ccccc4c3)cccc21. The summed E-state index contributed by atoms with van der Waals surface area (Å²) in [7, 11) is 0. The van der Waals surface area contributed by atoms with Crippen LogP contribution in [0.4, 0.5) is 17.1 Å². The van der Waals surface area contributed by atoms with E-state index in [0.717, 1.165) is 22.7 Å². The first-order valence-electron chi connectivity index (χ1n) is 19.9. The lowest BCUT2D eigenvalue weighted by molar-refractivity contribution is 0.660. The van der Waals surface area contributed by atoms with Crippen LogP contribution in [-0.4, -0.2) is 4.57 Å². The van der Waals surface area contributed by atoms with Crippen LogP contribution in [0.25, 0.3) is 71.6 Å². The smallest absolute Gasteiger partial charge is 0.0561 e. The molecular weight excluding hydrogens is 689 g/mol. The zero-order valence-corrected chi connectivity index (χ0v) is 32.0. The summed E-state index contributed by atoms with van der Waals surface area (Å²) in [5.74, 6) is 0. The molecule has 2 nitrogen and oxygen atoms in total. The predicted molar refractivity (Wildman–Crippen MR) is 241 cm³/mol. The van der Waals surface area contributed by atoms with Gasteiger partial charge in [0, 0.05) is 38.7 Å². The van der Waals surface area contributed by atoms with Gasteiger partial charge in [-0.1, -0.05) is 172 Å². The average molecular weight is 729 g/mol. The van der Waals surface area contributed by atoms with Gasteiger partial charge in [0.2, 0.25) is 0 Å². The number of para-hydroxylation sites is 4. The second kappa shape index (κ2) is 13.0. The molecule has 0 bridgehead atoms. The van der Waals surface area contributed by atoms with Crippen LogP contribution in [0.2, 0.25) is 0 Å². The van der Waals surface area contributed by atoms with Gasteiger partial charge >= 0.3 is 0 Å². The minimum absolute atomic E-state index is 0.102. The lowest BCUT2D eigenvalue weighted by Crippen LogP contribution is -2.15. The number of rotatable bonds is 6. The monoisotopic (exact) mass is 728 g/mol. The third-order valence-corrected chi connectivity index (χ3v) is 12.2. The molecule has 9 aromatic carbocycles. The van der Waals surface area contributed by atoms with Crippen LogP contribution in [0, 0.1) is 0 Å². The van der Waals surface area contributed by atoms with Crippen molar-refractivity contribution in [3.8, 4) is 39.1 Å². The van der Waals surface area contributed by atoms with Gasteiger partial charge in [0.1, 0.15) is 0 Å². The molecule has 1 heterocycles. The molecule has 1 aliphatic rings. The number of anilines is 3. The normalized spacial score (nSPS) is 12.9. The minimum Gasteiger partial charge on any atom is -0.309 e. The summed E-state index contributed by atoms with van der Waals surface area (Å²) in [6.07, 6.45) is 0. The molecule has 0 spiro atoms. The zero-order chi connectivity index (χ0) is 38.1. The molecule has 0 saturated heterocycles. The van der Waals surface area contributed by atoms with E-state index in [-0.39, 0.29) is 5.41 Å². The van der Waals surface area contributed by atoms with Gasteiger partial charge in [-0.3, -0.25) is 0 Å². The molecule has 0 radical (unpaired) electrons. The molecule has 1 aliphatic carbocycles. The van der Waals surface area contributed by atoms with Crippen LogP contribution in [0.5, 0.6) is 0 Å². The summed E-state index contributed by atoms with van der Waals surface area (Å²) in [5.41, 5.74) is 16.9. The Morgan fingerprint density at radius 1 is 0.404 bits per heavy atom. The van der Waals surface area contributed by atoms with E-state index >= 15 is 0 Å². The van der Waals surface area contributed by atoms with E-state index in [2.05, 4.69) is 230 Å². The fraction of sp³-hybridized carbons (Fsp3) is 0.0545. The topological polar surface area (TPSA) is 8.17 Å². The first-order chi connectivity index (χ1) is 28.1. The second-order valence-electron chi connectivity index (χ2n) is 15.7. The fourth-order valence-corrected chi connectivity index (χ4v) is 9.51. The van der Waals surface area contributed by atoms with E-state index in [9.17, 15) is 0 Å². The van der Waals surface area contributed by atoms with Crippen molar-refractivity contribution in [3.05, 3.63) is 217 Å². The molecule has 0 unspecified atom stereocenters. The summed E-state index contributed by atoms with van der Waals surface area (Å²) < 4.78 is 2.41. The highest BCUT2D eigenvalue weighted by atomic mass is 15.1. The average Bonchev–Trinajstić information content (AvgIpc) is 3.72. The minimum atomic E-state index is -0.102. The molecule has 0 N–H and O–H groups in total. The molecular formula is C55H40N2. The molecule has 2 heteroatoms. The summed E-state index contributed by atoms with van der Waals surface area (Å²) >= 11 is 0. The molecule has 10 aromatic rings. The first-order valence-corrected chi connectivity index (χ1v) is 19.9. The Morgan fingerprint density at radius 2 is 1.02 bits per heavy atom.